The molecular weight excluding hydrogens is 216 g/mol. The quantitative estimate of drug-likeness (QED) is 0.593. The normalized spacial score (nSPS) is 10.5. The van der Waals surface area contributed by atoms with Crippen molar-refractivity contribution in [3.05, 3.63) is 29.3 Å². The van der Waals surface area contributed by atoms with E-state index < -0.39 is 5.91 Å². The standard InChI is InChI=1S/C9H7ClN4O/c10-6-1-3-7(4-2-6)13-14-8(5-11)9(12)15/h1-4,13H,(H2,12,15). The molecule has 1 amide bonds. The molecule has 1 rings (SSSR count). The second-order valence-corrected chi connectivity index (χ2v) is 2.99. The summed E-state index contributed by atoms with van der Waals surface area (Å²) in [6, 6.07) is 8.18. The van der Waals surface area contributed by atoms with Gasteiger partial charge in [-0.1, -0.05) is 11.6 Å². The Morgan fingerprint density at radius 3 is 2.53 bits per heavy atom. The van der Waals surface area contributed by atoms with Crippen molar-refractivity contribution in [2.24, 2.45) is 10.8 Å². The Bertz CT molecular complexity index is 432. The van der Waals surface area contributed by atoms with E-state index in [9.17, 15) is 4.79 Å². The van der Waals surface area contributed by atoms with E-state index >= 15 is 0 Å². The van der Waals surface area contributed by atoms with E-state index in [4.69, 9.17) is 22.6 Å². The van der Waals surface area contributed by atoms with Crippen molar-refractivity contribution < 1.29 is 4.79 Å². The first-order valence-corrected chi connectivity index (χ1v) is 4.30. The highest BCUT2D eigenvalue weighted by Gasteiger charge is 2.04. The molecular formula is C9H7ClN4O. The van der Waals surface area contributed by atoms with Gasteiger partial charge in [-0.05, 0) is 24.3 Å². The molecule has 76 valence electrons. The Morgan fingerprint density at radius 2 is 2.07 bits per heavy atom. The predicted octanol–water partition coefficient (Wildman–Crippen LogP) is 1.12. The molecule has 0 spiro atoms. The Morgan fingerprint density at radius 1 is 1.47 bits per heavy atom. The van der Waals surface area contributed by atoms with Gasteiger partial charge in [-0.2, -0.15) is 10.4 Å². The largest absolute Gasteiger partial charge is 0.364 e. The van der Waals surface area contributed by atoms with E-state index in [-0.39, 0.29) is 5.71 Å². The number of nitrogens with one attached hydrogen (secondary N) is 1. The molecule has 0 unspecified atom stereocenters. The van der Waals surface area contributed by atoms with Crippen molar-refractivity contribution in [3.63, 3.8) is 0 Å². The number of carbonyl (C=O) groups is 1. The van der Waals surface area contributed by atoms with Crippen LogP contribution >= 0.6 is 11.6 Å². The van der Waals surface area contributed by atoms with Crippen LogP contribution in [-0.4, -0.2) is 11.6 Å². The molecule has 3 N–H and O–H groups in total. The summed E-state index contributed by atoms with van der Waals surface area (Å²) >= 11 is 5.66. The average molecular weight is 223 g/mol. The van der Waals surface area contributed by atoms with E-state index in [0.29, 0.717) is 10.7 Å². The lowest BCUT2D eigenvalue weighted by atomic mass is 10.3. The molecule has 0 aliphatic carbocycles. The topological polar surface area (TPSA) is 91.3 Å². The molecule has 5 nitrogen and oxygen atoms in total. The Kier molecular flexibility index (Phi) is 3.66. The molecule has 0 radical (unpaired) electrons. The fraction of sp³-hybridized carbons (Fsp3) is 0. The number of hydrogen-bond acceptors (Lipinski definition) is 4. The summed E-state index contributed by atoms with van der Waals surface area (Å²) in [6.07, 6.45) is 0. The lowest BCUT2D eigenvalue weighted by Gasteiger charge is -1.99. The average Bonchev–Trinajstić information content (AvgIpc) is 2.21. The van der Waals surface area contributed by atoms with Gasteiger partial charge in [0, 0.05) is 5.02 Å². The van der Waals surface area contributed by atoms with Gasteiger partial charge in [0.15, 0.2) is 0 Å². The van der Waals surface area contributed by atoms with Crippen LogP contribution in [0.5, 0.6) is 0 Å². The number of amides is 1. The molecule has 0 aliphatic heterocycles. The molecule has 0 atom stereocenters. The number of primary amides is 1. The number of rotatable bonds is 3. The predicted molar refractivity (Wildman–Crippen MR) is 57.3 cm³/mol. The summed E-state index contributed by atoms with van der Waals surface area (Å²) in [6.45, 7) is 0. The SMILES string of the molecule is N#CC(=NNc1ccc(Cl)cc1)C(N)=O. The van der Waals surface area contributed by atoms with Gasteiger partial charge in [0.1, 0.15) is 6.07 Å². The van der Waals surface area contributed by atoms with Crippen molar-refractivity contribution >= 4 is 28.9 Å². The maximum atomic E-state index is 10.6. The monoisotopic (exact) mass is 222 g/mol. The Labute approximate surface area is 91.1 Å². The van der Waals surface area contributed by atoms with Crippen molar-refractivity contribution in [1.29, 1.82) is 5.26 Å². The van der Waals surface area contributed by atoms with E-state index in [1.54, 1.807) is 30.3 Å². The van der Waals surface area contributed by atoms with Gasteiger partial charge >= 0.3 is 0 Å². The van der Waals surface area contributed by atoms with Gasteiger partial charge in [-0.25, -0.2) is 0 Å². The van der Waals surface area contributed by atoms with Crippen LogP contribution in [-0.2, 0) is 4.79 Å². The van der Waals surface area contributed by atoms with Crippen LogP contribution in [0, 0.1) is 11.3 Å². The zero-order chi connectivity index (χ0) is 11.3. The third kappa shape index (κ3) is 3.29. The minimum Gasteiger partial charge on any atom is -0.364 e. The van der Waals surface area contributed by atoms with Crippen molar-refractivity contribution in [3.8, 4) is 6.07 Å². The maximum Gasteiger partial charge on any atom is 0.280 e. The summed E-state index contributed by atoms with van der Waals surface area (Å²) in [5, 5.41) is 12.6. The van der Waals surface area contributed by atoms with Gasteiger partial charge in [0.2, 0.25) is 5.71 Å². The van der Waals surface area contributed by atoms with Gasteiger partial charge in [-0.15, -0.1) is 0 Å². The highest BCUT2D eigenvalue weighted by Crippen LogP contribution is 2.13. The van der Waals surface area contributed by atoms with E-state index in [2.05, 4.69) is 10.5 Å². The van der Waals surface area contributed by atoms with E-state index in [1.807, 2.05) is 0 Å². The molecule has 0 saturated heterocycles. The van der Waals surface area contributed by atoms with Gasteiger partial charge in [0.05, 0.1) is 5.69 Å². The van der Waals surface area contributed by atoms with Crippen LogP contribution in [0.1, 0.15) is 0 Å². The second-order valence-electron chi connectivity index (χ2n) is 2.56. The molecule has 1 aromatic rings. The number of halogens is 1. The summed E-state index contributed by atoms with van der Waals surface area (Å²) < 4.78 is 0. The number of hydrogen-bond donors (Lipinski definition) is 2. The van der Waals surface area contributed by atoms with Crippen LogP contribution in [0.15, 0.2) is 29.4 Å². The first kappa shape index (κ1) is 11.0. The molecule has 0 heterocycles. The summed E-state index contributed by atoms with van der Waals surface area (Å²) in [5.74, 6) is -0.876. The Hall–Kier alpha value is -2.06. The number of benzene rings is 1. The minimum atomic E-state index is -0.876. The molecule has 0 bridgehead atoms. The van der Waals surface area contributed by atoms with Gasteiger partial charge in [-0.3, -0.25) is 10.2 Å². The molecule has 0 aromatic heterocycles. The molecule has 6 heteroatoms. The summed E-state index contributed by atoms with van der Waals surface area (Å²) in [4.78, 5) is 10.6. The number of carbonyl (C=O) groups excluding carboxylic acids is 1. The van der Waals surface area contributed by atoms with Crippen LogP contribution < -0.4 is 11.2 Å². The van der Waals surface area contributed by atoms with E-state index in [0.717, 1.165) is 0 Å². The molecule has 0 aliphatic rings. The first-order chi connectivity index (χ1) is 7.13. The highest BCUT2D eigenvalue weighted by atomic mass is 35.5. The number of nitriles is 1. The summed E-state index contributed by atoms with van der Waals surface area (Å²) in [7, 11) is 0. The minimum absolute atomic E-state index is 0.384. The van der Waals surface area contributed by atoms with Crippen LogP contribution in [0.25, 0.3) is 0 Å². The number of hydrazone groups is 1. The van der Waals surface area contributed by atoms with Gasteiger partial charge in [0.25, 0.3) is 5.91 Å². The lowest BCUT2D eigenvalue weighted by Crippen LogP contribution is -2.22. The highest BCUT2D eigenvalue weighted by molar-refractivity contribution is 6.44. The van der Waals surface area contributed by atoms with Crippen molar-refractivity contribution in [2.75, 3.05) is 5.43 Å². The lowest BCUT2D eigenvalue weighted by molar-refractivity contribution is -0.111. The number of nitrogens with zero attached hydrogens (tertiary/aromatic N) is 2. The molecule has 1 aromatic carbocycles. The van der Waals surface area contributed by atoms with Crippen molar-refractivity contribution in [2.45, 2.75) is 0 Å². The zero-order valence-corrected chi connectivity index (χ0v) is 8.32. The fourth-order valence-electron chi connectivity index (χ4n) is 0.780. The molecule has 0 fully saturated rings. The van der Waals surface area contributed by atoms with Crippen LogP contribution in [0.2, 0.25) is 5.02 Å². The fourth-order valence-corrected chi connectivity index (χ4v) is 0.906. The zero-order valence-electron chi connectivity index (χ0n) is 7.57. The number of anilines is 1. The third-order valence-electron chi connectivity index (χ3n) is 1.48. The van der Waals surface area contributed by atoms with Crippen LogP contribution in [0.3, 0.4) is 0 Å². The Balaban J connectivity index is 2.76. The molecule has 15 heavy (non-hydrogen) atoms. The number of nitrogens with two attached hydrogens (primary N) is 1. The second kappa shape index (κ2) is 4.98. The smallest absolute Gasteiger partial charge is 0.280 e. The van der Waals surface area contributed by atoms with E-state index in [1.165, 1.54) is 0 Å². The summed E-state index contributed by atoms with van der Waals surface area (Å²) in [5.41, 5.74) is 7.61. The van der Waals surface area contributed by atoms with Crippen LogP contribution in [0.4, 0.5) is 5.69 Å². The molecule has 0 saturated carbocycles. The third-order valence-corrected chi connectivity index (χ3v) is 1.73. The van der Waals surface area contributed by atoms with Crippen molar-refractivity contribution in [1.82, 2.24) is 0 Å². The first-order valence-electron chi connectivity index (χ1n) is 3.92. The van der Waals surface area contributed by atoms with Gasteiger partial charge < -0.3 is 5.73 Å². The maximum absolute atomic E-state index is 10.6.